The van der Waals surface area contributed by atoms with Crippen molar-refractivity contribution < 1.29 is 22.7 Å². The van der Waals surface area contributed by atoms with Crippen LogP contribution in [0.4, 0.5) is 15.0 Å². The zero-order chi connectivity index (χ0) is 32.2. The van der Waals surface area contributed by atoms with E-state index in [0.717, 1.165) is 6.26 Å². The molecule has 13 heteroatoms. The van der Waals surface area contributed by atoms with Gasteiger partial charge in [-0.15, -0.1) is 0 Å². The summed E-state index contributed by atoms with van der Waals surface area (Å²) in [5, 5.41) is 10.2. The number of rotatable bonds is 5. The van der Waals surface area contributed by atoms with Crippen LogP contribution in [0, 0.1) is 12.7 Å². The molecule has 1 aliphatic rings. The van der Waals surface area contributed by atoms with Gasteiger partial charge in [-0.1, -0.05) is 37.6 Å². The first-order valence-electron chi connectivity index (χ1n) is 14.1. The average Bonchev–Trinajstić information content (AvgIpc) is 2.93. The molecule has 3 heterocycles. The highest BCUT2D eigenvalue weighted by molar-refractivity contribution is 7.90. The smallest absolute Gasteiger partial charge is 0.407 e. The zero-order valence-corrected chi connectivity index (χ0v) is 26.7. The number of hydrogen-bond acceptors (Lipinski definition) is 7. The summed E-state index contributed by atoms with van der Waals surface area (Å²) in [6.07, 6.45) is 0.0886. The lowest BCUT2D eigenvalue weighted by atomic mass is 9.97. The highest BCUT2D eigenvalue weighted by Gasteiger charge is 2.35. The van der Waals surface area contributed by atoms with E-state index in [0.29, 0.717) is 22.2 Å². The van der Waals surface area contributed by atoms with Crippen molar-refractivity contribution in [2.75, 3.05) is 24.2 Å². The molecule has 1 saturated heterocycles. The number of aromatic nitrogens is 3. The highest BCUT2D eigenvalue weighted by atomic mass is 35.5. The molecule has 2 aromatic carbocycles. The van der Waals surface area contributed by atoms with Gasteiger partial charge in [-0.05, 0) is 68.1 Å². The Morgan fingerprint density at radius 2 is 1.77 bits per heavy atom. The number of hydrogen-bond donors (Lipinski definition) is 1. The van der Waals surface area contributed by atoms with Crippen LogP contribution < -0.4 is 10.6 Å². The Kier molecular flexibility index (Phi) is 8.19. The summed E-state index contributed by atoms with van der Waals surface area (Å²) in [4.78, 5) is 38.6. The number of sulfone groups is 1. The van der Waals surface area contributed by atoms with E-state index in [1.807, 2.05) is 25.7 Å². The van der Waals surface area contributed by atoms with Crippen molar-refractivity contribution in [3.8, 4) is 16.9 Å². The normalized spacial score (nSPS) is 17.5. The second-order valence-corrected chi connectivity index (χ2v) is 14.0. The Morgan fingerprint density at radius 3 is 2.39 bits per heavy atom. The number of pyridine rings is 1. The maximum absolute atomic E-state index is 15.0. The number of halogens is 2. The number of anilines is 1. The lowest BCUT2D eigenvalue weighted by Gasteiger charge is -2.43. The van der Waals surface area contributed by atoms with Crippen molar-refractivity contribution in [2.45, 2.75) is 57.5 Å². The lowest BCUT2D eigenvalue weighted by Crippen LogP contribution is -2.58. The predicted molar refractivity (Wildman–Crippen MR) is 168 cm³/mol. The molecule has 44 heavy (non-hydrogen) atoms. The molecule has 5 rings (SSSR count). The summed E-state index contributed by atoms with van der Waals surface area (Å²) in [6.45, 7) is 9.55. The molecule has 10 nitrogen and oxygen atoms in total. The van der Waals surface area contributed by atoms with Crippen molar-refractivity contribution in [3.63, 3.8) is 0 Å². The Labute approximate surface area is 259 Å². The fourth-order valence-corrected chi connectivity index (χ4v) is 6.77. The van der Waals surface area contributed by atoms with Gasteiger partial charge in [0.2, 0.25) is 0 Å². The first-order valence-corrected chi connectivity index (χ1v) is 16.4. The summed E-state index contributed by atoms with van der Waals surface area (Å²) in [5.74, 6) is -0.472. The third-order valence-electron chi connectivity index (χ3n) is 8.01. The van der Waals surface area contributed by atoms with Gasteiger partial charge < -0.3 is 14.9 Å². The molecule has 2 aromatic heterocycles. The molecule has 0 saturated carbocycles. The van der Waals surface area contributed by atoms with Gasteiger partial charge in [0.1, 0.15) is 11.6 Å². The van der Waals surface area contributed by atoms with Gasteiger partial charge in [-0.2, -0.15) is 4.98 Å². The van der Waals surface area contributed by atoms with Crippen LogP contribution in [0.3, 0.4) is 0 Å². The Bertz CT molecular complexity index is 1980. The topological polar surface area (TPSA) is 126 Å². The van der Waals surface area contributed by atoms with Crippen LogP contribution in [0.5, 0.6) is 0 Å². The number of fused-ring (bicyclic) bond motifs is 1. The summed E-state index contributed by atoms with van der Waals surface area (Å²) in [7, 11) is -3.56. The van der Waals surface area contributed by atoms with Crippen LogP contribution in [0.2, 0.25) is 5.02 Å². The van der Waals surface area contributed by atoms with Gasteiger partial charge in [0.05, 0.1) is 26.7 Å². The lowest BCUT2D eigenvalue weighted by molar-refractivity contribution is 0.114. The number of carboxylic acid groups (broad SMARTS) is 1. The molecule has 0 unspecified atom stereocenters. The van der Waals surface area contributed by atoms with Crippen molar-refractivity contribution >= 4 is 44.4 Å². The van der Waals surface area contributed by atoms with E-state index in [1.54, 1.807) is 44.2 Å². The van der Waals surface area contributed by atoms with Gasteiger partial charge in [-0.3, -0.25) is 0 Å². The largest absolute Gasteiger partial charge is 0.465 e. The molecule has 4 aromatic rings. The summed E-state index contributed by atoms with van der Waals surface area (Å²) >= 11 is 6.76. The van der Waals surface area contributed by atoms with Gasteiger partial charge in [0.25, 0.3) is 0 Å². The molecule has 1 fully saturated rings. The van der Waals surface area contributed by atoms with Gasteiger partial charge >= 0.3 is 11.8 Å². The molecule has 232 valence electrons. The minimum Gasteiger partial charge on any atom is -0.465 e. The molecule has 0 bridgehead atoms. The molecule has 1 aliphatic heterocycles. The molecule has 0 radical (unpaired) electrons. The SMILES string of the molecule is Cc1cc(S(C)(=O)=O)cc(C(C)C)c1-n1c(=O)nc(N2C[C@@H](C)N(C(=O)O)C[C@@H]2C)c2cc(Cl)c(-c3ccccc3F)nc21. The van der Waals surface area contributed by atoms with E-state index in [9.17, 15) is 23.1 Å². The van der Waals surface area contributed by atoms with Crippen LogP contribution >= 0.6 is 11.6 Å². The Morgan fingerprint density at radius 1 is 1.09 bits per heavy atom. The second-order valence-electron chi connectivity index (χ2n) is 11.6. The molecule has 0 spiro atoms. The fourth-order valence-electron chi connectivity index (χ4n) is 5.79. The summed E-state index contributed by atoms with van der Waals surface area (Å²) in [5.41, 5.74) is 1.26. The van der Waals surface area contributed by atoms with Crippen LogP contribution in [-0.2, 0) is 9.84 Å². The van der Waals surface area contributed by atoms with Crippen molar-refractivity contribution in [1.82, 2.24) is 19.4 Å². The molecule has 0 aliphatic carbocycles. The fraction of sp³-hybridized carbons (Fsp3) is 0.355. The average molecular weight is 642 g/mol. The molecule has 1 amide bonds. The summed E-state index contributed by atoms with van der Waals surface area (Å²) in [6, 6.07) is 9.94. The van der Waals surface area contributed by atoms with Gasteiger partial charge in [-0.25, -0.2) is 31.9 Å². The first-order chi connectivity index (χ1) is 20.6. The maximum atomic E-state index is 15.0. The first kappa shape index (κ1) is 31.4. The minimum atomic E-state index is -3.56. The van der Waals surface area contributed by atoms with Crippen molar-refractivity contribution in [3.05, 3.63) is 74.9 Å². The predicted octanol–water partition coefficient (Wildman–Crippen LogP) is 5.65. The number of nitrogens with zero attached hydrogens (tertiary/aromatic N) is 5. The van der Waals surface area contributed by atoms with Crippen LogP contribution in [-0.4, -0.2) is 70.5 Å². The summed E-state index contributed by atoms with van der Waals surface area (Å²) < 4.78 is 41.4. The third kappa shape index (κ3) is 5.52. The van der Waals surface area contributed by atoms with Crippen molar-refractivity contribution in [1.29, 1.82) is 0 Å². The Balaban J connectivity index is 1.88. The number of carbonyl (C=O) groups is 1. The molecular formula is C31H33ClFN5O5S. The number of amides is 1. The van der Waals surface area contributed by atoms with Crippen LogP contribution in [0.15, 0.2) is 52.2 Å². The highest BCUT2D eigenvalue weighted by Crippen LogP contribution is 2.37. The Hall–Kier alpha value is -4.03. The second kappa shape index (κ2) is 11.5. The van der Waals surface area contributed by atoms with E-state index in [4.69, 9.17) is 16.6 Å². The monoisotopic (exact) mass is 641 g/mol. The molecule has 2 atom stereocenters. The van der Waals surface area contributed by atoms with Gasteiger partial charge in [0.15, 0.2) is 15.5 Å². The molecular weight excluding hydrogens is 609 g/mol. The van der Waals surface area contributed by atoms with E-state index >= 15 is 4.39 Å². The quantitative estimate of drug-likeness (QED) is 0.296. The number of aryl methyl sites for hydroxylation is 1. The molecule has 1 N–H and O–H groups in total. The maximum Gasteiger partial charge on any atom is 0.407 e. The van der Waals surface area contributed by atoms with E-state index in [2.05, 4.69) is 4.98 Å². The van der Waals surface area contributed by atoms with Crippen LogP contribution in [0.25, 0.3) is 28.0 Å². The standard InChI is InChI=1S/C31H33ClFN5O5S/c1-16(2)22-12-20(44(6,42)43)11-17(3)27(22)38-29-23(13-24(32)26(34-29)21-9-7-8-10-25(21)33)28(35-30(38)39)36-14-19(5)37(31(40)41)15-18(36)4/h7-13,16,18-19H,14-15H2,1-6H3,(H,40,41)/t18-,19+/m0/s1. The van der Waals surface area contributed by atoms with Gasteiger partial charge in [0, 0.05) is 37.0 Å². The minimum absolute atomic E-state index is 0.117. The van der Waals surface area contributed by atoms with E-state index in [-0.39, 0.29) is 57.7 Å². The third-order valence-corrected chi connectivity index (χ3v) is 9.39. The van der Waals surface area contributed by atoms with E-state index in [1.165, 1.54) is 21.6 Å². The van der Waals surface area contributed by atoms with E-state index < -0.39 is 33.5 Å². The number of benzene rings is 2. The van der Waals surface area contributed by atoms with Crippen LogP contribution in [0.1, 0.15) is 44.7 Å². The van der Waals surface area contributed by atoms with Crippen molar-refractivity contribution in [2.24, 2.45) is 0 Å². The zero-order valence-electron chi connectivity index (χ0n) is 25.2. The number of piperazine rings is 1.